The first-order chi connectivity index (χ1) is 11.8. The average Bonchev–Trinajstić information content (AvgIpc) is 2.55. The van der Waals surface area contributed by atoms with Crippen molar-refractivity contribution in [3.05, 3.63) is 34.2 Å². The van der Waals surface area contributed by atoms with Crippen LogP contribution < -0.4 is 5.32 Å². The van der Waals surface area contributed by atoms with Crippen molar-refractivity contribution in [2.75, 3.05) is 6.61 Å². The fourth-order valence-corrected chi connectivity index (χ4v) is 2.36. The molecule has 0 aliphatic heterocycles. The van der Waals surface area contributed by atoms with Crippen LogP contribution in [0.15, 0.2) is 23.4 Å². The maximum absolute atomic E-state index is 11.9. The quantitative estimate of drug-likeness (QED) is 0.378. The molecule has 136 valence electrons. The molecular weight excluding hydrogens is 319 g/mol. The Kier molecular flexibility index (Phi) is 9.38. The molecule has 0 fully saturated rings. The summed E-state index contributed by atoms with van der Waals surface area (Å²) in [6.07, 6.45) is 0.906. The van der Waals surface area contributed by atoms with Gasteiger partial charge in [0.05, 0.1) is 12.2 Å². The third-order valence-electron chi connectivity index (χ3n) is 3.54. The van der Waals surface area contributed by atoms with Crippen LogP contribution in [0, 0.1) is 4.91 Å². The minimum Gasteiger partial charge on any atom is -0.381 e. The van der Waals surface area contributed by atoms with Crippen LogP contribution in [-0.4, -0.2) is 32.5 Å². The van der Waals surface area contributed by atoms with Crippen LogP contribution in [0.25, 0.3) is 0 Å². The van der Waals surface area contributed by atoms with E-state index >= 15 is 0 Å². The maximum Gasteiger partial charge on any atom is 0.220 e. The van der Waals surface area contributed by atoms with Gasteiger partial charge in [0.25, 0.3) is 0 Å². The van der Waals surface area contributed by atoms with Crippen molar-refractivity contribution in [3.63, 3.8) is 0 Å². The van der Waals surface area contributed by atoms with Gasteiger partial charge in [0.2, 0.25) is 5.91 Å². The lowest BCUT2D eigenvalue weighted by molar-refractivity contribution is -0.121. The van der Waals surface area contributed by atoms with Crippen LogP contribution in [0.2, 0.25) is 0 Å². The smallest absolute Gasteiger partial charge is 0.220 e. The fraction of sp³-hybridized carbons (Fsp3) is 0.611. The minimum absolute atomic E-state index is 0.0358. The molecule has 1 rings (SSSR count). The van der Waals surface area contributed by atoms with E-state index in [2.05, 4.69) is 10.5 Å². The van der Waals surface area contributed by atoms with Gasteiger partial charge >= 0.3 is 0 Å². The van der Waals surface area contributed by atoms with E-state index in [1.54, 1.807) is 19.1 Å². The number of nitrogens with one attached hydrogen (secondary N) is 1. The van der Waals surface area contributed by atoms with Crippen molar-refractivity contribution in [2.24, 2.45) is 5.18 Å². The zero-order valence-electron chi connectivity index (χ0n) is 15.5. The second-order valence-electron chi connectivity index (χ2n) is 6.27. The Balaban J connectivity index is 2.58. The first-order valence-electron chi connectivity index (χ1n) is 8.59. The molecule has 0 aliphatic carbocycles. The number of nitroso groups, excluding NO2 is 1. The second kappa shape index (κ2) is 11.0. The summed E-state index contributed by atoms with van der Waals surface area (Å²) in [6.45, 7) is 8.40. The molecular formula is C18H27BN2O4. The van der Waals surface area contributed by atoms with Gasteiger partial charge in [-0.15, -0.1) is 4.91 Å². The highest BCUT2D eigenvalue weighted by molar-refractivity contribution is 6.10. The molecule has 2 unspecified atom stereocenters. The van der Waals surface area contributed by atoms with Crippen LogP contribution in [0.5, 0.6) is 0 Å². The first kappa shape index (κ1) is 21.3. The number of hydrogen-bond acceptors (Lipinski definition) is 5. The van der Waals surface area contributed by atoms with Crippen LogP contribution in [0.3, 0.4) is 0 Å². The molecule has 25 heavy (non-hydrogen) atoms. The third kappa shape index (κ3) is 8.27. The van der Waals surface area contributed by atoms with Gasteiger partial charge in [-0.3, -0.25) is 4.79 Å². The molecule has 6 nitrogen and oxygen atoms in total. The Morgan fingerprint density at radius 3 is 2.60 bits per heavy atom. The first-order valence-corrected chi connectivity index (χ1v) is 8.59. The van der Waals surface area contributed by atoms with Crippen molar-refractivity contribution in [1.29, 1.82) is 0 Å². The van der Waals surface area contributed by atoms with E-state index in [0.717, 1.165) is 5.56 Å². The molecule has 1 aromatic rings. The highest BCUT2D eigenvalue weighted by Gasteiger charge is 2.14. The summed E-state index contributed by atoms with van der Waals surface area (Å²) in [5, 5.41) is 5.89. The molecule has 1 N–H and O–H groups in total. The number of rotatable bonds is 11. The largest absolute Gasteiger partial charge is 0.381 e. The predicted octanol–water partition coefficient (Wildman–Crippen LogP) is 3.50. The number of amides is 1. The van der Waals surface area contributed by atoms with Gasteiger partial charge in [-0.1, -0.05) is 6.07 Å². The standard InChI is InChI=1S/C18H27BN2O4/c1-12(2)24-9-5-6-18(22)20-11-15-7-8-17(21-23)16(10-15)13(3)25-14(4)19/h7-8,10,12-14H,5-6,9,11H2,1-4H3,(H,20,22). The zero-order chi connectivity index (χ0) is 18.8. The molecule has 0 aliphatic rings. The molecule has 0 spiro atoms. The van der Waals surface area contributed by atoms with Gasteiger partial charge < -0.3 is 14.8 Å². The molecule has 0 heterocycles. The Morgan fingerprint density at radius 2 is 2.00 bits per heavy atom. The van der Waals surface area contributed by atoms with Crippen molar-refractivity contribution < 1.29 is 14.3 Å². The Bertz CT molecular complexity index is 564. The summed E-state index contributed by atoms with van der Waals surface area (Å²) in [5.74, 6) is -0.0358. The number of nitrogens with zero attached hydrogens (tertiary/aromatic N) is 1. The van der Waals surface area contributed by atoms with Crippen LogP contribution >= 0.6 is 0 Å². The van der Waals surface area contributed by atoms with Gasteiger partial charge in [-0.25, -0.2) is 0 Å². The van der Waals surface area contributed by atoms with Crippen molar-refractivity contribution >= 4 is 19.4 Å². The van der Waals surface area contributed by atoms with Gasteiger partial charge in [-0.05, 0) is 57.0 Å². The van der Waals surface area contributed by atoms with Gasteiger partial charge in [0, 0.05) is 31.1 Å². The molecule has 7 heteroatoms. The van der Waals surface area contributed by atoms with E-state index < -0.39 is 6.00 Å². The molecule has 0 aromatic heterocycles. The summed E-state index contributed by atoms with van der Waals surface area (Å²) in [7, 11) is 5.64. The van der Waals surface area contributed by atoms with Crippen LogP contribution in [-0.2, 0) is 20.8 Å². The molecule has 2 radical (unpaired) electrons. The molecule has 1 amide bonds. The fourth-order valence-electron chi connectivity index (χ4n) is 2.36. The average molecular weight is 346 g/mol. The number of ether oxygens (including phenoxy) is 2. The van der Waals surface area contributed by atoms with Crippen molar-refractivity contribution in [1.82, 2.24) is 5.32 Å². The lowest BCUT2D eigenvalue weighted by Gasteiger charge is -2.18. The number of benzene rings is 1. The SMILES string of the molecule is [B]C(C)OC(C)c1cc(CNC(=O)CCCOC(C)C)ccc1N=O. The summed E-state index contributed by atoms with van der Waals surface area (Å²) in [4.78, 5) is 22.8. The number of carbonyl (C=O) groups is 1. The molecule has 0 saturated carbocycles. The van der Waals surface area contributed by atoms with Crippen LogP contribution in [0.1, 0.15) is 57.8 Å². The van der Waals surface area contributed by atoms with Crippen molar-refractivity contribution in [2.45, 2.75) is 65.3 Å². The van der Waals surface area contributed by atoms with Crippen molar-refractivity contribution in [3.8, 4) is 0 Å². The topological polar surface area (TPSA) is 77.0 Å². The Morgan fingerprint density at radius 1 is 1.28 bits per heavy atom. The predicted molar refractivity (Wildman–Crippen MR) is 98.8 cm³/mol. The van der Waals surface area contributed by atoms with Gasteiger partial charge in [0.15, 0.2) is 0 Å². The van der Waals surface area contributed by atoms with Gasteiger partial charge in [-0.2, -0.15) is 0 Å². The second-order valence-corrected chi connectivity index (χ2v) is 6.27. The normalized spacial score (nSPS) is 13.5. The van der Waals surface area contributed by atoms with E-state index in [-0.39, 0.29) is 18.1 Å². The highest BCUT2D eigenvalue weighted by atomic mass is 16.5. The third-order valence-corrected chi connectivity index (χ3v) is 3.54. The maximum atomic E-state index is 11.9. The molecule has 2 atom stereocenters. The summed E-state index contributed by atoms with van der Waals surface area (Å²) >= 11 is 0. The highest BCUT2D eigenvalue weighted by Crippen LogP contribution is 2.29. The molecule has 0 bridgehead atoms. The molecule has 1 aromatic carbocycles. The van der Waals surface area contributed by atoms with E-state index in [9.17, 15) is 9.70 Å². The minimum atomic E-state index is -0.453. The Hall–Kier alpha value is -1.73. The Labute approximate surface area is 151 Å². The van der Waals surface area contributed by atoms with E-state index in [0.29, 0.717) is 37.2 Å². The van der Waals surface area contributed by atoms with E-state index in [1.165, 1.54) is 0 Å². The summed E-state index contributed by atoms with van der Waals surface area (Å²) in [6, 6.07) is 4.75. The van der Waals surface area contributed by atoms with E-state index in [1.807, 2.05) is 26.8 Å². The van der Waals surface area contributed by atoms with Crippen LogP contribution in [0.4, 0.5) is 5.69 Å². The monoisotopic (exact) mass is 346 g/mol. The zero-order valence-corrected chi connectivity index (χ0v) is 15.5. The van der Waals surface area contributed by atoms with E-state index in [4.69, 9.17) is 17.3 Å². The van der Waals surface area contributed by atoms with Gasteiger partial charge in [0.1, 0.15) is 13.5 Å². The summed E-state index contributed by atoms with van der Waals surface area (Å²) < 4.78 is 10.9. The number of hydrogen-bond donors (Lipinski definition) is 1. The summed E-state index contributed by atoms with van der Waals surface area (Å²) in [5.41, 5.74) is 1.84. The number of carbonyl (C=O) groups excluding carboxylic acids is 1. The molecule has 0 saturated heterocycles. The lowest BCUT2D eigenvalue weighted by Crippen LogP contribution is -2.23. The lowest BCUT2D eigenvalue weighted by atomic mass is 10.0.